The van der Waals surface area contributed by atoms with Gasteiger partial charge in [0.25, 0.3) is 0 Å². The minimum atomic E-state index is -0.425. The minimum absolute atomic E-state index is 0.268. The Bertz CT molecular complexity index is 1270. The molecule has 30 heavy (non-hydrogen) atoms. The molecule has 4 heterocycles. The van der Waals surface area contributed by atoms with Crippen LogP contribution in [0.25, 0.3) is 5.70 Å². The van der Waals surface area contributed by atoms with E-state index in [2.05, 4.69) is 20.4 Å². The molecule has 0 saturated heterocycles. The van der Waals surface area contributed by atoms with Gasteiger partial charge >= 0.3 is 0 Å². The predicted octanol–water partition coefficient (Wildman–Crippen LogP) is 4.37. The highest BCUT2D eigenvalue weighted by molar-refractivity contribution is 5.85. The number of hydrogen-bond acceptors (Lipinski definition) is 5. The maximum absolute atomic E-state index is 13.6. The van der Waals surface area contributed by atoms with Crippen LogP contribution in [0.3, 0.4) is 0 Å². The average Bonchev–Trinajstić information content (AvgIpc) is 3.26. The summed E-state index contributed by atoms with van der Waals surface area (Å²) in [5.74, 6) is 1.13. The monoisotopic (exact) mass is 397 g/mol. The summed E-state index contributed by atoms with van der Waals surface area (Å²) < 4.78 is 21.9. The number of anilines is 1. The summed E-state index contributed by atoms with van der Waals surface area (Å²) in [7, 11) is 0. The molecule has 0 amide bonds. The Morgan fingerprint density at radius 1 is 0.967 bits per heavy atom. The standard InChI is InChI=1S/C23H16FN5O/c24-16-9-7-14(8-10-16)22-19-20(17-5-1-2-6-18(17)30-22)28-23-26-13-27-29(23)21(19)15-4-3-11-25-12-15/h1-13,21-22H,(H,26,27,28)/t21-,22+/m1/s1. The van der Waals surface area contributed by atoms with E-state index in [9.17, 15) is 4.39 Å². The number of pyridine rings is 1. The molecule has 2 aliphatic heterocycles. The molecule has 2 aromatic heterocycles. The molecule has 0 fully saturated rings. The largest absolute Gasteiger partial charge is 0.480 e. The van der Waals surface area contributed by atoms with Crippen LogP contribution in [-0.2, 0) is 0 Å². The second-order valence-corrected chi connectivity index (χ2v) is 7.22. The van der Waals surface area contributed by atoms with Crippen molar-refractivity contribution in [1.29, 1.82) is 0 Å². The lowest BCUT2D eigenvalue weighted by molar-refractivity contribution is 0.223. The van der Waals surface area contributed by atoms with Crippen molar-refractivity contribution in [2.45, 2.75) is 12.1 Å². The van der Waals surface area contributed by atoms with Gasteiger partial charge in [-0.25, -0.2) is 9.07 Å². The number of nitrogens with one attached hydrogen (secondary N) is 1. The summed E-state index contributed by atoms with van der Waals surface area (Å²) in [5.41, 5.74) is 4.69. The number of hydrogen-bond donors (Lipinski definition) is 1. The number of benzene rings is 2. The lowest BCUT2D eigenvalue weighted by atomic mass is 9.85. The molecule has 0 saturated carbocycles. The zero-order valence-corrected chi connectivity index (χ0v) is 15.7. The van der Waals surface area contributed by atoms with Gasteiger partial charge in [0.15, 0.2) is 0 Å². The van der Waals surface area contributed by atoms with Gasteiger partial charge in [-0.05, 0) is 41.5 Å². The first-order valence-corrected chi connectivity index (χ1v) is 9.61. The van der Waals surface area contributed by atoms with Crippen LogP contribution in [0, 0.1) is 5.82 Å². The van der Waals surface area contributed by atoms with E-state index in [-0.39, 0.29) is 11.9 Å². The second-order valence-electron chi connectivity index (χ2n) is 7.22. The Kier molecular flexibility index (Phi) is 3.67. The quantitative estimate of drug-likeness (QED) is 0.544. The fourth-order valence-corrected chi connectivity index (χ4v) is 4.19. The van der Waals surface area contributed by atoms with Gasteiger partial charge < -0.3 is 10.1 Å². The van der Waals surface area contributed by atoms with Gasteiger partial charge in [0.05, 0.1) is 5.70 Å². The molecule has 6 nitrogen and oxygen atoms in total. The molecule has 7 heteroatoms. The normalized spacial score (nSPS) is 19.2. The molecule has 2 aromatic carbocycles. The van der Waals surface area contributed by atoms with Crippen molar-refractivity contribution in [3.8, 4) is 5.75 Å². The van der Waals surface area contributed by atoms with Crippen LogP contribution in [0.4, 0.5) is 10.3 Å². The van der Waals surface area contributed by atoms with E-state index in [0.29, 0.717) is 5.95 Å². The molecule has 2 aliphatic rings. The van der Waals surface area contributed by atoms with Crippen molar-refractivity contribution in [2.75, 3.05) is 5.32 Å². The van der Waals surface area contributed by atoms with Gasteiger partial charge in [0.1, 0.15) is 30.0 Å². The number of para-hydroxylation sites is 1. The van der Waals surface area contributed by atoms with Crippen molar-refractivity contribution < 1.29 is 9.13 Å². The molecular weight excluding hydrogens is 381 g/mol. The van der Waals surface area contributed by atoms with Crippen LogP contribution in [-0.4, -0.2) is 19.7 Å². The van der Waals surface area contributed by atoms with E-state index in [1.807, 2.05) is 47.3 Å². The molecule has 4 aromatic rings. The van der Waals surface area contributed by atoms with Crippen LogP contribution in [0.1, 0.15) is 28.8 Å². The number of rotatable bonds is 2. The van der Waals surface area contributed by atoms with E-state index >= 15 is 0 Å². The molecule has 2 atom stereocenters. The first kappa shape index (κ1) is 16.9. The van der Waals surface area contributed by atoms with Crippen LogP contribution in [0.2, 0.25) is 0 Å². The van der Waals surface area contributed by atoms with Crippen molar-refractivity contribution in [1.82, 2.24) is 19.7 Å². The number of aromatic nitrogens is 4. The predicted molar refractivity (Wildman–Crippen MR) is 109 cm³/mol. The first-order valence-electron chi connectivity index (χ1n) is 9.61. The molecule has 0 bridgehead atoms. The summed E-state index contributed by atoms with van der Waals surface area (Å²) in [4.78, 5) is 8.72. The summed E-state index contributed by atoms with van der Waals surface area (Å²) >= 11 is 0. The van der Waals surface area contributed by atoms with Gasteiger partial charge in [-0.3, -0.25) is 4.98 Å². The summed E-state index contributed by atoms with van der Waals surface area (Å²) in [5, 5.41) is 7.91. The first-order chi connectivity index (χ1) is 14.8. The molecular formula is C23H16FN5O. The SMILES string of the molecule is Fc1ccc([C@@H]2Oc3ccccc3C3=C2[C@@H](c2cccnc2)n2ncnc2N3)cc1. The van der Waals surface area contributed by atoms with E-state index in [4.69, 9.17) is 4.74 Å². The van der Waals surface area contributed by atoms with Gasteiger partial charge in [-0.1, -0.05) is 30.3 Å². The highest BCUT2D eigenvalue weighted by Crippen LogP contribution is 2.50. The zero-order chi connectivity index (χ0) is 20.1. The highest BCUT2D eigenvalue weighted by Gasteiger charge is 2.40. The minimum Gasteiger partial charge on any atom is -0.480 e. The van der Waals surface area contributed by atoms with Crippen LogP contribution in [0.15, 0.2) is 85.0 Å². The Balaban J connectivity index is 1.63. The summed E-state index contributed by atoms with van der Waals surface area (Å²) in [6.07, 6.45) is 4.68. The van der Waals surface area contributed by atoms with E-state index in [1.165, 1.54) is 18.5 Å². The Morgan fingerprint density at radius 3 is 2.67 bits per heavy atom. The number of fused-ring (bicyclic) bond motifs is 3. The molecule has 0 spiro atoms. The van der Waals surface area contributed by atoms with E-state index in [1.54, 1.807) is 18.3 Å². The summed E-state index contributed by atoms with van der Waals surface area (Å²) in [6.45, 7) is 0. The molecule has 1 N–H and O–H groups in total. The molecule has 6 rings (SSSR count). The third-order valence-electron chi connectivity index (χ3n) is 5.49. The molecule has 0 unspecified atom stereocenters. The highest BCUT2D eigenvalue weighted by atomic mass is 19.1. The lowest BCUT2D eigenvalue weighted by Crippen LogP contribution is -2.32. The Labute approximate surface area is 171 Å². The van der Waals surface area contributed by atoms with Gasteiger partial charge in [-0.15, -0.1) is 0 Å². The third kappa shape index (κ3) is 2.52. The van der Waals surface area contributed by atoms with Crippen molar-refractivity contribution in [3.05, 3.63) is 107 Å². The van der Waals surface area contributed by atoms with Crippen LogP contribution >= 0.6 is 0 Å². The maximum atomic E-state index is 13.6. The number of halogens is 1. The topological polar surface area (TPSA) is 64.9 Å². The number of nitrogens with zero attached hydrogens (tertiary/aromatic N) is 4. The molecule has 0 radical (unpaired) electrons. The zero-order valence-electron chi connectivity index (χ0n) is 15.7. The van der Waals surface area contributed by atoms with Crippen molar-refractivity contribution in [3.63, 3.8) is 0 Å². The third-order valence-corrected chi connectivity index (χ3v) is 5.49. The van der Waals surface area contributed by atoms with E-state index < -0.39 is 6.10 Å². The summed E-state index contributed by atoms with van der Waals surface area (Å²) in [6, 6.07) is 18.0. The van der Waals surface area contributed by atoms with Crippen LogP contribution < -0.4 is 10.1 Å². The van der Waals surface area contributed by atoms with Crippen molar-refractivity contribution >= 4 is 11.6 Å². The van der Waals surface area contributed by atoms with Gasteiger partial charge in [0.2, 0.25) is 5.95 Å². The average molecular weight is 397 g/mol. The van der Waals surface area contributed by atoms with Gasteiger partial charge in [0, 0.05) is 23.5 Å². The fraction of sp³-hybridized carbons (Fsp3) is 0.0870. The fourth-order valence-electron chi connectivity index (χ4n) is 4.19. The smallest absolute Gasteiger partial charge is 0.226 e. The Morgan fingerprint density at radius 2 is 1.83 bits per heavy atom. The number of ether oxygens (including phenoxy) is 1. The lowest BCUT2D eigenvalue weighted by Gasteiger charge is -2.38. The maximum Gasteiger partial charge on any atom is 0.226 e. The van der Waals surface area contributed by atoms with Gasteiger partial charge in [-0.2, -0.15) is 10.1 Å². The molecule has 146 valence electrons. The van der Waals surface area contributed by atoms with E-state index in [0.717, 1.165) is 33.7 Å². The Hall–Kier alpha value is -4.00. The van der Waals surface area contributed by atoms with Crippen molar-refractivity contribution in [2.24, 2.45) is 0 Å². The molecule has 0 aliphatic carbocycles. The van der Waals surface area contributed by atoms with Crippen LogP contribution in [0.5, 0.6) is 5.75 Å². The second kappa shape index (κ2) is 6.52.